The number of carbonyl (C=O) groups excluding carboxylic acids is 2. The van der Waals surface area contributed by atoms with Gasteiger partial charge in [-0.05, 0) is 74.9 Å². The van der Waals surface area contributed by atoms with Crippen molar-refractivity contribution in [3.63, 3.8) is 0 Å². The zero-order valence-electron chi connectivity index (χ0n) is 32.2. The molecule has 2 atom stereocenters. The minimum atomic E-state index is -0.617. The maximum Gasteiger partial charge on any atom is 0.410 e. The first-order chi connectivity index (χ1) is 24.9. The standard InChI is InChI=1S/C45H57N3O3S/c1-8-9-27-39-31-48(42(49)41-28-19-20-34(2)35(41)3)30-29-47(39)32-40(46(7)43(50)51-44(4,5)6)33-52-45(36-21-13-10-14-22-36,37-23-15-11-16-24-37)38-25-17-12-18-26-38/h10-26,28,39-40H,8-9,27,29-33H2,1-7H3/t39-,40+/m0/s1. The number of amides is 2. The van der Waals surface area contributed by atoms with E-state index in [9.17, 15) is 9.59 Å². The third kappa shape index (κ3) is 9.28. The van der Waals surface area contributed by atoms with Crippen LogP contribution in [0.2, 0.25) is 0 Å². The number of likely N-dealkylation sites (N-methyl/N-ethyl adjacent to an activating group) is 1. The van der Waals surface area contributed by atoms with Crippen molar-refractivity contribution in [1.82, 2.24) is 14.7 Å². The van der Waals surface area contributed by atoms with Crippen molar-refractivity contribution < 1.29 is 14.3 Å². The number of benzene rings is 4. The lowest BCUT2D eigenvalue weighted by Crippen LogP contribution is -2.58. The van der Waals surface area contributed by atoms with E-state index >= 15 is 0 Å². The Balaban J connectivity index is 1.49. The first kappa shape index (κ1) is 39.1. The molecule has 5 rings (SSSR count). The van der Waals surface area contributed by atoms with Gasteiger partial charge in [0, 0.05) is 50.6 Å². The Hall–Kier alpha value is -4.07. The van der Waals surface area contributed by atoms with Crippen LogP contribution in [-0.2, 0) is 9.48 Å². The van der Waals surface area contributed by atoms with Crippen molar-refractivity contribution >= 4 is 23.8 Å². The molecule has 0 radical (unpaired) electrons. The fourth-order valence-corrected chi connectivity index (χ4v) is 8.89. The predicted octanol–water partition coefficient (Wildman–Crippen LogP) is 9.58. The first-order valence-electron chi connectivity index (χ1n) is 18.8. The average molecular weight is 720 g/mol. The van der Waals surface area contributed by atoms with Gasteiger partial charge >= 0.3 is 6.09 Å². The van der Waals surface area contributed by atoms with E-state index in [1.165, 1.54) is 16.7 Å². The molecule has 0 saturated carbocycles. The molecule has 0 unspecified atom stereocenters. The summed E-state index contributed by atoms with van der Waals surface area (Å²) < 4.78 is 5.45. The molecule has 4 aromatic carbocycles. The van der Waals surface area contributed by atoms with Crippen LogP contribution in [0, 0.1) is 13.8 Å². The molecule has 6 nitrogen and oxygen atoms in total. The number of hydrogen-bond acceptors (Lipinski definition) is 5. The molecule has 1 aliphatic heterocycles. The van der Waals surface area contributed by atoms with Crippen LogP contribution >= 0.6 is 11.8 Å². The fraction of sp³-hybridized carbons (Fsp3) is 0.422. The van der Waals surface area contributed by atoms with E-state index in [1.54, 1.807) is 0 Å². The Morgan fingerprint density at radius 1 is 0.827 bits per heavy atom. The summed E-state index contributed by atoms with van der Waals surface area (Å²) in [7, 11) is 1.88. The predicted molar refractivity (Wildman–Crippen MR) is 216 cm³/mol. The second kappa shape index (κ2) is 17.6. The minimum Gasteiger partial charge on any atom is -0.444 e. The highest BCUT2D eigenvalue weighted by Crippen LogP contribution is 2.49. The van der Waals surface area contributed by atoms with E-state index in [-0.39, 0.29) is 24.1 Å². The van der Waals surface area contributed by atoms with Gasteiger partial charge in [-0.3, -0.25) is 9.69 Å². The molecule has 0 aromatic heterocycles. The maximum atomic E-state index is 13.9. The summed E-state index contributed by atoms with van der Waals surface area (Å²) >= 11 is 1.87. The smallest absolute Gasteiger partial charge is 0.410 e. The van der Waals surface area contributed by atoms with Gasteiger partial charge < -0.3 is 14.5 Å². The number of piperazine rings is 1. The summed E-state index contributed by atoms with van der Waals surface area (Å²) in [6.07, 6.45) is 2.83. The summed E-state index contributed by atoms with van der Waals surface area (Å²) in [5.41, 5.74) is 5.93. The highest BCUT2D eigenvalue weighted by molar-refractivity contribution is 8.00. The maximum absolute atomic E-state index is 13.9. The molecule has 2 amide bonds. The number of nitrogens with zero attached hydrogens (tertiary/aromatic N) is 3. The van der Waals surface area contributed by atoms with E-state index in [1.807, 2.05) is 68.4 Å². The van der Waals surface area contributed by atoms with Crippen LogP contribution in [0.5, 0.6) is 0 Å². The number of rotatable bonds is 13. The fourth-order valence-electron chi connectivity index (χ4n) is 7.21. The van der Waals surface area contributed by atoms with Gasteiger partial charge in [0.1, 0.15) is 5.60 Å². The Labute approximate surface area is 316 Å². The van der Waals surface area contributed by atoms with Gasteiger partial charge in [-0.2, -0.15) is 0 Å². The Kier molecular flexibility index (Phi) is 13.3. The number of ether oxygens (including phenoxy) is 1. The van der Waals surface area contributed by atoms with E-state index in [2.05, 4.69) is 116 Å². The number of hydrogen-bond donors (Lipinski definition) is 0. The lowest BCUT2D eigenvalue weighted by atomic mass is 9.84. The van der Waals surface area contributed by atoms with E-state index in [0.29, 0.717) is 25.4 Å². The molecule has 0 spiro atoms. The number of thioether (sulfide) groups is 1. The second-order valence-electron chi connectivity index (χ2n) is 15.1. The first-order valence-corrected chi connectivity index (χ1v) is 19.8. The molecule has 1 saturated heterocycles. The van der Waals surface area contributed by atoms with Crippen LogP contribution in [0.4, 0.5) is 4.79 Å². The molecule has 1 fully saturated rings. The summed E-state index contributed by atoms with van der Waals surface area (Å²) in [5, 5.41) is 0. The zero-order valence-corrected chi connectivity index (χ0v) is 33.0. The van der Waals surface area contributed by atoms with Gasteiger partial charge in [0.15, 0.2) is 0 Å². The number of unbranched alkanes of at least 4 members (excludes halogenated alkanes) is 1. The van der Waals surface area contributed by atoms with Crippen molar-refractivity contribution in [2.75, 3.05) is 39.0 Å². The highest BCUT2D eigenvalue weighted by atomic mass is 32.2. The Bertz CT molecular complexity index is 1650. The summed E-state index contributed by atoms with van der Waals surface area (Å²) in [6, 6.07) is 38.2. The van der Waals surface area contributed by atoms with Gasteiger partial charge in [-0.15, -0.1) is 11.8 Å². The van der Waals surface area contributed by atoms with Gasteiger partial charge in [-0.25, -0.2) is 4.79 Å². The topological polar surface area (TPSA) is 53.1 Å². The summed E-state index contributed by atoms with van der Waals surface area (Å²) in [5.74, 6) is 0.773. The van der Waals surface area contributed by atoms with E-state index in [4.69, 9.17) is 4.74 Å². The van der Waals surface area contributed by atoms with Crippen LogP contribution in [0.15, 0.2) is 109 Å². The number of carbonyl (C=O) groups is 2. The molecule has 52 heavy (non-hydrogen) atoms. The minimum absolute atomic E-state index is 0.110. The van der Waals surface area contributed by atoms with Crippen LogP contribution in [0.1, 0.15) is 85.1 Å². The molecular formula is C45H57N3O3S. The molecule has 0 N–H and O–H groups in total. The van der Waals surface area contributed by atoms with Crippen LogP contribution < -0.4 is 0 Å². The van der Waals surface area contributed by atoms with Gasteiger partial charge in [-0.1, -0.05) is 123 Å². The third-order valence-electron chi connectivity index (χ3n) is 10.3. The van der Waals surface area contributed by atoms with Crippen molar-refractivity contribution in [3.05, 3.63) is 143 Å². The molecule has 1 heterocycles. The van der Waals surface area contributed by atoms with Gasteiger partial charge in [0.2, 0.25) is 0 Å². The molecule has 7 heteroatoms. The normalized spacial score (nSPS) is 16.0. The highest BCUT2D eigenvalue weighted by Gasteiger charge is 2.40. The van der Waals surface area contributed by atoms with Crippen molar-refractivity contribution in [2.45, 2.75) is 83.2 Å². The molecule has 276 valence electrons. The SMILES string of the molecule is CCCC[C@H]1CN(C(=O)c2cccc(C)c2C)CCN1C[C@H](CSC(c1ccccc1)(c1ccccc1)c1ccccc1)N(C)C(=O)OC(C)(C)C. The molecule has 1 aliphatic rings. The summed E-state index contributed by atoms with van der Waals surface area (Å²) in [4.78, 5) is 34.1. The quantitative estimate of drug-likeness (QED) is 0.129. The number of aryl methyl sites for hydroxylation is 1. The van der Waals surface area contributed by atoms with Crippen LogP contribution in [0.3, 0.4) is 0 Å². The molecule has 0 bridgehead atoms. The largest absolute Gasteiger partial charge is 0.444 e. The van der Waals surface area contributed by atoms with E-state index < -0.39 is 10.3 Å². The van der Waals surface area contributed by atoms with E-state index in [0.717, 1.165) is 42.5 Å². The third-order valence-corrected chi connectivity index (χ3v) is 12.0. The second-order valence-corrected chi connectivity index (χ2v) is 16.4. The van der Waals surface area contributed by atoms with Gasteiger partial charge in [0.25, 0.3) is 5.91 Å². The molecule has 0 aliphatic carbocycles. The molecule has 4 aromatic rings. The Morgan fingerprint density at radius 2 is 1.38 bits per heavy atom. The van der Waals surface area contributed by atoms with Crippen molar-refractivity contribution in [3.8, 4) is 0 Å². The zero-order chi connectivity index (χ0) is 37.3. The van der Waals surface area contributed by atoms with Crippen LogP contribution in [0.25, 0.3) is 0 Å². The van der Waals surface area contributed by atoms with Crippen LogP contribution in [-0.4, -0.2) is 83.4 Å². The summed E-state index contributed by atoms with van der Waals surface area (Å²) in [6.45, 7) is 14.8. The monoisotopic (exact) mass is 719 g/mol. The average Bonchev–Trinajstić information content (AvgIpc) is 3.15. The van der Waals surface area contributed by atoms with Crippen molar-refractivity contribution in [1.29, 1.82) is 0 Å². The van der Waals surface area contributed by atoms with Gasteiger partial charge in [0.05, 0.1) is 10.8 Å². The Morgan fingerprint density at radius 3 is 1.90 bits per heavy atom. The van der Waals surface area contributed by atoms with Crippen molar-refractivity contribution in [2.24, 2.45) is 0 Å². The lowest BCUT2D eigenvalue weighted by molar-refractivity contribution is 0.0127. The lowest BCUT2D eigenvalue weighted by Gasteiger charge is -2.45. The molecular weight excluding hydrogens is 663 g/mol.